The lowest BCUT2D eigenvalue weighted by Crippen LogP contribution is -2.15. The van der Waals surface area contributed by atoms with E-state index in [1.165, 1.54) is 4.88 Å². The predicted molar refractivity (Wildman–Crippen MR) is 78.2 cm³/mol. The van der Waals surface area contributed by atoms with E-state index in [0.717, 1.165) is 16.4 Å². The van der Waals surface area contributed by atoms with Crippen molar-refractivity contribution in [2.45, 2.75) is 33.7 Å². The maximum Gasteiger partial charge on any atom is 0.148 e. The van der Waals surface area contributed by atoms with E-state index < -0.39 is 0 Å². The van der Waals surface area contributed by atoms with Crippen molar-refractivity contribution in [2.75, 3.05) is 10.7 Å². The van der Waals surface area contributed by atoms with Gasteiger partial charge in [-0.1, -0.05) is 0 Å². The van der Waals surface area contributed by atoms with Crippen LogP contribution < -0.4 is 16.6 Å². The first-order valence-corrected chi connectivity index (χ1v) is 6.83. The maximum absolute atomic E-state index is 5.46. The fraction of sp³-hybridized carbons (Fsp3) is 0.417. The summed E-state index contributed by atoms with van der Waals surface area (Å²) in [5.74, 6) is 7.54. The molecule has 4 N–H and O–H groups in total. The van der Waals surface area contributed by atoms with Gasteiger partial charge in [0.15, 0.2) is 0 Å². The SMILES string of the molecule is Cc1nc(NN)c(C)c(NC(C)c2ncc(C)s2)n1. The topological polar surface area (TPSA) is 88.8 Å². The first-order valence-electron chi connectivity index (χ1n) is 6.02. The number of aromatic nitrogens is 3. The predicted octanol–water partition coefficient (Wildman–Crippen LogP) is 2.32. The van der Waals surface area contributed by atoms with E-state index in [9.17, 15) is 0 Å². The fourth-order valence-electron chi connectivity index (χ4n) is 1.75. The second-order valence-electron chi connectivity index (χ2n) is 4.41. The Labute approximate surface area is 116 Å². The van der Waals surface area contributed by atoms with Crippen molar-refractivity contribution < 1.29 is 0 Å². The number of aryl methyl sites for hydroxylation is 2. The fourth-order valence-corrected chi connectivity index (χ4v) is 2.53. The summed E-state index contributed by atoms with van der Waals surface area (Å²) in [6.45, 7) is 7.87. The molecule has 0 radical (unpaired) electrons. The number of anilines is 2. The smallest absolute Gasteiger partial charge is 0.148 e. The molecular formula is C12H18N6S. The molecule has 6 nitrogen and oxygen atoms in total. The van der Waals surface area contributed by atoms with Crippen molar-refractivity contribution in [1.29, 1.82) is 0 Å². The highest BCUT2D eigenvalue weighted by Crippen LogP contribution is 2.26. The maximum atomic E-state index is 5.46. The van der Waals surface area contributed by atoms with Crippen LogP contribution in [0.15, 0.2) is 6.20 Å². The van der Waals surface area contributed by atoms with Crippen LogP contribution in [-0.2, 0) is 0 Å². The number of nitrogens with zero attached hydrogens (tertiary/aromatic N) is 3. The minimum atomic E-state index is 0.0947. The third-order valence-corrected chi connectivity index (χ3v) is 3.85. The van der Waals surface area contributed by atoms with Gasteiger partial charge in [0.25, 0.3) is 0 Å². The molecule has 2 heterocycles. The Morgan fingerprint density at radius 3 is 2.47 bits per heavy atom. The molecule has 1 unspecified atom stereocenters. The molecule has 0 saturated carbocycles. The van der Waals surface area contributed by atoms with Crippen LogP contribution in [0.1, 0.15) is 34.2 Å². The van der Waals surface area contributed by atoms with E-state index in [1.807, 2.05) is 27.0 Å². The highest BCUT2D eigenvalue weighted by atomic mass is 32.1. The van der Waals surface area contributed by atoms with Gasteiger partial charge in [0.2, 0.25) is 0 Å². The van der Waals surface area contributed by atoms with Crippen LogP contribution >= 0.6 is 11.3 Å². The average molecular weight is 278 g/mol. The van der Waals surface area contributed by atoms with Crippen molar-refractivity contribution in [3.8, 4) is 0 Å². The van der Waals surface area contributed by atoms with E-state index >= 15 is 0 Å². The number of hydrogen-bond acceptors (Lipinski definition) is 7. The molecule has 2 aromatic heterocycles. The molecule has 0 fully saturated rings. The molecule has 0 aromatic carbocycles. The van der Waals surface area contributed by atoms with E-state index in [4.69, 9.17) is 5.84 Å². The molecule has 0 aliphatic rings. The van der Waals surface area contributed by atoms with Crippen molar-refractivity contribution in [1.82, 2.24) is 15.0 Å². The number of hydrazine groups is 1. The van der Waals surface area contributed by atoms with Crippen LogP contribution in [0.5, 0.6) is 0 Å². The van der Waals surface area contributed by atoms with Gasteiger partial charge in [-0.2, -0.15) is 0 Å². The second kappa shape index (κ2) is 5.50. The molecular weight excluding hydrogens is 260 g/mol. The molecule has 19 heavy (non-hydrogen) atoms. The lowest BCUT2D eigenvalue weighted by atomic mass is 10.2. The first kappa shape index (κ1) is 13.7. The third-order valence-electron chi connectivity index (χ3n) is 2.76. The van der Waals surface area contributed by atoms with Crippen molar-refractivity contribution >= 4 is 23.0 Å². The molecule has 0 bridgehead atoms. The number of rotatable bonds is 4. The number of thiazole rings is 1. The van der Waals surface area contributed by atoms with E-state index in [0.29, 0.717) is 11.6 Å². The normalized spacial score (nSPS) is 12.3. The minimum absolute atomic E-state index is 0.0947. The molecule has 0 aliphatic carbocycles. The van der Waals surface area contributed by atoms with Crippen LogP contribution in [0, 0.1) is 20.8 Å². The van der Waals surface area contributed by atoms with Gasteiger partial charge in [0.1, 0.15) is 22.5 Å². The average Bonchev–Trinajstić information content (AvgIpc) is 2.80. The second-order valence-corrected chi connectivity index (χ2v) is 5.68. The largest absolute Gasteiger partial charge is 0.361 e. The summed E-state index contributed by atoms with van der Waals surface area (Å²) in [5.41, 5.74) is 3.49. The van der Waals surface area contributed by atoms with E-state index in [2.05, 4.69) is 32.6 Å². The number of nitrogens with two attached hydrogens (primary N) is 1. The van der Waals surface area contributed by atoms with Crippen molar-refractivity contribution in [2.24, 2.45) is 5.84 Å². The number of hydrogen-bond donors (Lipinski definition) is 3. The lowest BCUT2D eigenvalue weighted by Gasteiger charge is -2.16. The minimum Gasteiger partial charge on any atom is -0.361 e. The zero-order valence-corrected chi connectivity index (χ0v) is 12.3. The molecule has 0 aliphatic heterocycles. The highest BCUT2D eigenvalue weighted by molar-refractivity contribution is 7.11. The van der Waals surface area contributed by atoms with E-state index in [1.54, 1.807) is 11.3 Å². The molecule has 102 valence electrons. The van der Waals surface area contributed by atoms with Crippen LogP contribution in [0.3, 0.4) is 0 Å². The molecule has 7 heteroatoms. The number of nitrogen functional groups attached to an aromatic ring is 1. The van der Waals surface area contributed by atoms with Crippen LogP contribution in [0.4, 0.5) is 11.6 Å². The van der Waals surface area contributed by atoms with Gasteiger partial charge in [-0.3, -0.25) is 0 Å². The van der Waals surface area contributed by atoms with Gasteiger partial charge < -0.3 is 10.7 Å². The summed E-state index contributed by atoms with van der Waals surface area (Å²) in [6, 6.07) is 0.0947. The Morgan fingerprint density at radius 2 is 1.89 bits per heavy atom. The molecule has 0 spiro atoms. The van der Waals surface area contributed by atoms with Crippen LogP contribution in [0.25, 0.3) is 0 Å². The Balaban J connectivity index is 2.25. The van der Waals surface area contributed by atoms with Gasteiger partial charge in [-0.25, -0.2) is 20.8 Å². The Bertz CT molecular complexity index is 580. The number of nitrogens with one attached hydrogen (secondary N) is 2. The first-order chi connectivity index (χ1) is 9.01. The van der Waals surface area contributed by atoms with Gasteiger partial charge in [0, 0.05) is 16.6 Å². The summed E-state index contributed by atoms with van der Waals surface area (Å²) >= 11 is 1.68. The van der Waals surface area contributed by atoms with Crippen LogP contribution in [0.2, 0.25) is 0 Å². The zero-order chi connectivity index (χ0) is 14.0. The monoisotopic (exact) mass is 278 g/mol. The quantitative estimate of drug-likeness (QED) is 0.587. The van der Waals surface area contributed by atoms with Crippen molar-refractivity contribution in [3.63, 3.8) is 0 Å². The Morgan fingerprint density at radius 1 is 1.21 bits per heavy atom. The highest BCUT2D eigenvalue weighted by Gasteiger charge is 2.14. The lowest BCUT2D eigenvalue weighted by molar-refractivity contribution is 0.850. The summed E-state index contributed by atoms with van der Waals surface area (Å²) in [7, 11) is 0. The third kappa shape index (κ3) is 2.99. The summed E-state index contributed by atoms with van der Waals surface area (Å²) < 4.78 is 0. The zero-order valence-electron chi connectivity index (χ0n) is 11.5. The van der Waals surface area contributed by atoms with Gasteiger partial charge in [0.05, 0.1) is 6.04 Å². The Kier molecular flexibility index (Phi) is 3.96. The Hall–Kier alpha value is -1.73. The molecule has 0 saturated heterocycles. The summed E-state index contributed by atoms with van der Waals surface area (Å²) in [4.78, 5) is 14.2. The summed E-state index contributed by atoms with van der Waals surface area (Å²) in [5, 5.41) is 4.39. The molecule has 2 rings (SSSR count). The van der Waals surface area contributed by atoms with E-state index in [-0.39, 0.29) is 6.04 Å². The molecule has 0 amide bonds. The standard InChI is InChI=1S/C12H18N6S/c1-6-5-14-12(19-6)8(3)15-10-7(2)11(18-13)17-9(4)16-10/h5,8H,13H2,1-4H3,(H2,15,16,17,18). The van der Waals surface area contributed by atoms with Gasteiger partial charge in [-0.05, 0) is 27.7 Å². The van der Waals surface area contributed by atoms with Gasteiger partial charge >= 0.3 is 0 Å². The van der Waals surface area contributed by atoms with Crippen LogP contribution in [-0.4, -0.2) is 15.0 Å². The summed E-state index contributed by atoms with van der Waals surface area (Å²) in [6.07, 6.45) is 1.88. The molecule has 1 atom stereocenters. The van der Waals surface area contributed by atoms with Crippen molar-refractivity contribution in [3.05, 3.63) is 27.5 Å². The molecule has 2 aromatic rings. The van der Waals surface area contributed by atoms with Gasteiger partial charge in [-0.15, -0.1) is 11.3 Å².